The van der Waals surface area contributed by atoms with Gasteiger partial charge in [0.1, 0.15) is 18.2 Å². The van der Waals surface area contributed by atoms with E-state index < -0.39 is 0 Å². The molecule has 2 aromatic rings. The summed E-state index contributed by atoms with van der Waals surface area (Å²) in [6.45, 7) is 0.709. The van der Waals surface area contributed by atoms with Crippen molar-refractivity contribution in [2.45, 2.75) is 13.0 Å². The molecule has 0 fully saturated rings. The van der Waals surface area contributed by atoms with Gasteiger partial charge in [-0.25, -0.2) is 4.39 Å². The average Bonchev–Trinajstić information content (AvgIpc) is 2.52. The summed E-state index contributed by atoms with van der Waals surface area (Å²) in [6, 6.07) is 14.0. The maximum Gasteiger partial charge on any atom is 0.227 e. The van der Waals surface area contributed by atoms with Crippen LogP contribution in [0.2, 0.25) is 0 Å². The fourth-order valence-electron chi connectivity index (χ4n) is 2.48. The molecular weight excluding hydrogens is 269 g/mol. The molecule has 1 aliphatic rings. The fourth-order valence-corrected chi connectivity index (χ4v) is 2.48. The lowest BCUT2D eigenvalue weighted by Crippen LogP contribution is -2.37. The van der Waals surface area contributed by atoms with Crippen molar-refractivity contribution in [3.05, 3.63) is 65.5 Å². The van der Waals surface area contributed by atoms with E-state index in [9.17, 15) is 9.18 Å². The Bertz CT molecular complexity index is 657. The summed E-state index contributed by atoms with van der Waals surface area (Å²) in [5.41, 5.74) is 1.80. The minimum atomic E-state index is -0.295. The maximum absolute atomic E-state index is 13.1. The summed E-state index contributed by atoms with van der Waals surface area (Å²) in [5.74, 6) is 0.297. The van der Waals surface area contributed by atoms with Crippen molar-refractivity contribution in [2.75, 3.05) is 6.61 Å². The average molecular weight is 285 g/mol. The number of ether oxygens (including phenoxy) is 1. The standard InChI is InChI=1S/C17H16FNO2/c18-15-6-3-4-12(8-15)10-19-17(20)14-9-13-5-1-2-7-16(13)21-11-14/h1-8,14H,9-11H2,(H,19,20). The lowest BCUT2D eigenvalue weighted by Gasteiger charge is -2.24. The van der Waals surface area contributed by atoms with Crippen molar-refractivity contribution < 1.29 is 13.9 Å². The lowest BCUT2D eigenvalue weighted by atomic mass is 9.96. The number of fused-ring (bicyclic) bond motifs is 1. The van der Waals surface area contributed by atoms with Crippen LogP contribution in [0.3, 0.4) is 0 Å². The molecule has 21 heavy (non-hydrogen) atoms. The Hall–Kier alpha value is -2.36. The number of nitrogens with one attached hydrogen (secondary N) is 1. The SMILES string of the molecule is O=C(NCc1cccc(F)c1)C1COc2ccccc2C1. The number of carbonyl (C=O) groups excluding carboxylic acids is 1. The van der Waals surface area contributed by atoms with Gasteiger partial charge in [0.15, 0.2) is 0 Å². The molecule has 3 nitrogen and oxygen atoms in total. The summed E-state index contributed by atoms with van der Waals surface area (Å²) < 4.78 is 18.7. The Balaban J connectivity index is 1.59. The summed E-state index contributed by atoms with van der Waals surface area (Å²) in [4.78, 5) is 12.2. The first-order chi connectivity index (χ1) is 10.2. The monoisotopic (exact) mass is 285 g/mol. The molecule has 1 atom stereocenters. The topological polar surface area (TPSA) is 38.3 Å². The highest BCUT2D eigenvalue weighted by molar-refractivity contribution is 5.79. The van der Waals surface area contributed by atoms with Gasteiger partial charge in [-0.15, -0.1) is 0 Å². The van der Waals surface area contributed by atoms with Gasteiger partial charge in [-0.3, -0.25) is 4.79 Å². The second kappa shape index (κ2) is 5.95. The molecule has 0 aliphatic carbocycles. The molecule has 0 radical (unpaired) electrons. The third-order valence-electron chi connectivity index (χ3n) is 3.61. The molecule has 1 N–H and O–H groups in total. The van der Waals surface area contributed by atoms with Crippen LogP contribution in [-0.4, -0.2) is 12.5 Å². The van der Waals surface area contributed by atoms with E-state index in [1.165, 1.54) is 12.1 Å². The molecular formula is C17H16FNO2. The number of hydrogen-bond acceptors (Lipinski definition) is 2. The molecule has 3 rings (SSSR count). The normalized spacial score (nSPS) is 16.7. The summed E-state index contributed by atoms with van der Waals surface area (Å²) in [5, 5.41) is 2.84. The van der Waals surface area contributed by atoms with Crippen molar-refractivity contribution in [3.8, 4) is 5.75 Å². The highest BCUT2D eigenvalue weighted by Crippen LogP contribution is 2.26. The quantitative estimate of drug-likeness (QED) is 0.941. The summed E-state index contributed by atoms with van der Waals surface area (Å²) in [6.07, 6.45) is 0.672. The number of halogens is 1. The largest absolute Gasteiger partial charge is 0.492 e. The van der Waals surface area contributed by atoms with Crippen LogP contribution in [0.25, 0.3) is 0 Å². The van der Waals surface area contributed by atoms with Crippen LogP contribution in [0, 0.1) is 11.7 Å². The highest BCUT2D eigenvalue weighted by Gasteiger charge is 2.25. The predicted molar refractivity (Wildman–Crippen MR) is 77.4 cm³/mol. The number of benzene rings is 2. The molecule has 0 saturated heterocycles. The Kier molecular flexibility index (Phi) is 3.86. The van der Waals surface area contributed by atoms with Crippen molar-refractivity contribution in [1.82, 2.24) is 5.32 Å². The van der Waals surface area contributed by atoms with E-state index in [2.05, 4.69) is 5.32 Å². The molecule has 1 heterocycles. The zero-order valence-electron chi connectivity index (χ0n) is 11.5. The van der Waals surface area contributed by atoms with E-state index in [0.29, 0.717) is 19.6 Å². The van der Waals surface area contributed by atoms with Crippen LogP contribution in [0.1, 0.15) is 11.1 Å². The second-order valence-corrected chi connectivity index (χ2v) is 5.17. The first-order valence-electron chi connectivity index (χ1n) is 6.95. The van der Waals surface area contributed by atoms with Crippen LogP contribution in [0.5, 0.6) is 5.75 Å². The Morgan fingerprint density at radius 3 is 2.95 bits per heavy atom. The summed E-state index contributed by atoms with van der Waals surface area (Å²) >= 11 is 0. The van der Waals surface area contributed by atoms with E-state index in [1.807, 2.05) is 24.3 Å². The van der Waals surface area contributed by atoms with Crippen LogP contribution in [-0.2, 0) is 17.8 Å². The molecule has 0 bridgehead atoms. The minimum absolute atomic E-state index is 0.0613. The molecule has 1 amide bonds. The molecule has 0 saturated carbocycles. The van der Waals surface area contributed by atoms with Gasteiger partial charge < -0.3 is 10.1 Å². The minimum Gasteiger partial charge on any atom is -0.492 e. The smallest absolute Gasteiger partial charge is 0.227 e. The number of para-hydroxylation sites is 1. The van der Waals surface area contributed by atoms with Gasteiger partial charge in [0, 0.05) is 6.54 Å². The van der Waals surface area contributed by atoms with Gasteiger partial charge in [-0.2, -0.15) is 0 Å². The van der Waals surface area contributed by atoms with Crippen molar-refractivity contribution in [3.63, 3.8) is 0 Å². The van der Waals surface area contributed by atoms with Gasteiger partial charge in [-0.05, 0) is 35.7 Å². The van der Waals surface area contributed by atoms with Crippen LogP contribution >= 0.6 is 0 Å². The molecule has 0 spiro atoms. The van der Waals surface area contributed by atoms with E-state index in [-0.39, 0.29) is 17.6 Å². The van der Waals surface area contributed by atoms with Gasteiger partial charge in [0.25, 0.3) is 0 Å². The van der Waals surface area contributed by atoms with Crippen molar-refractivity contribution in [1.29, 1.82) is 0 Å². The van der Waals surface area contributed by atoms with Gasteiger partial charge >= 0.3 is 0 Å². The maximum atomic E-state index is 13.1. The van der Waals surface area contributed by atoms with Gasteiger partial charge in [0.05, 0.1) is 5.92 Å². The number of rotatable bonds is 3. The Labute approximate surface area is 122 Å². The van der Waals surface area contributed by atoms with Gasteiger partial charge in [0.2, 0.25) is 5.91 Å². The first kappa shape index (κ1) is 13.6. The fraction of sp³-hybridized carbons (Fsp3) is 0.235. The van der Waals surface area contributed by atoms with Crippen LogP contribution < -0.4 is 10.1 Å². The number of amides is 1. The van der Waals surface area contributed by atoms with Crippen LogP contribution in [0.4, 0.5) is 4.39 Å². The Morgan fingerprint density at radius 2 is 2.10 bits per heavy atom. The zero-order valence-corrected chi connectivity index (χ0v) is 11.5. The molecule has 0 aromatic heterocycles. The van der Waals surface area contributed by atoms with Crippen molar-refractivity contribution >= 4 is 5.91 Å². The third kappa shape index (κ3) is 3.21. The summed E-state index contributed by atoms with van der Waals surface area (Å²) in [7, 11) is 0. The molecule has 4 heteroatoms. The molecule has 1 unspecified atom stereocenters. The van der Waals surface area contributed by atoms with Crippen molar-refractivity contribution in [2.24, 2.45) is 5.92 Å². The molecule has 1 aliphatic heterocycles. The number of carbonyl (C=O) groups is 1. The van der Waals surface area contributed by atoms with E-state index >= 15 is 0 Å². The Morgan fingerprint density at radius 1 is 1.24 bits per heavy atom. The first-order valence-corrected chi connectivity index (χ1v) is 6.95. The lowest BCUT2D eigenvalue weighted by molar-refractivity contribution is -0.126. The van der Waals surface area contributed by atoms with E-state index in [0.717, 1.165) is 16.9 Å². The number of hydrogen-bond donors (Lipinski definition) is 1. The molecule has 2 aromatic carbocycles. The van der Waals surface area contributed by atoms with E-state index in [1.54, 1.807) is 12.1 Å². The van der Waals surface area contributed by atoms with E-state index in [4.69, 9.17) is 4.74 Å². The van der Waals surface area contributed by atoms with Crippen LogP contribution in [0.15, 0.2) is 48.5 Å². The highest BCUT2D eigenvalue weighted by atomic mass is 19.1. The second-order valence-electron chi connectivity index (χ2n) is 5.17. The molecule has 108 valence electrons. The zero-order chi connectivity index (χ0) is 14.7. The van der Waals surface area contributed by atoms with Gasteiger partial charge in [-0.1, -0.05) is 30.3 Å². The predicted octanol–water partition coefficient (Wildman–Crippen LogP) is 2.69. The third-order valence-corrected chi connectivity index (χ3v) is 3.61.